The largest absolute Gasteiger partial charge is 0.382 e. The number of anilines is 1. The molecule has 0 spiro atoms. The average Bonchev–Trinajstić information content (AvgIpc) is 2.96. The highest BCUT2D eigenvalue weighted by molar-refractivity contribution is 6.08. The fourth-order valence-electron chi connectivity index (χ4n) is 3.64. The summed E-state index contributed by atoms with van der Waals surface area (Å²) < 4.78 is 7.64. The highest BCUT2D eigenvalue weighted by atomic mass is 16.5. The van der Waals surface area contributed by atoms with Crippen LogP contribution >= 0.6 is 0 Å². The molecule has 0 saturated carbocycles. The predicted octanol–water partition coefficient (Wildman–Crippen LogP) is 2.94. The minimum Gasteiger partial charge on any atom is -0.382 e. The van der Waals surface area contributed by atoms with Gasteiger partial charge in [0.05, 0.1) is 0 Å². The van der Waals surface area contributed by atoms with Gasteiger partial charge in [-0.1, -0.05) is 6.92 Å². The van der Waals surface area contributed by atoms with E-state index in [0.29, 0.717) is 17.4 Å². The van der Waals surface area contributed by atoms with Crippen LogP contribution in [0.3, 0.4) is 0 Å². The summed E-state index contributed by atoms with van der Waals surface area (Å²) in [5.41, 5.74) is 8.97. The Morgan fingerprint density at radius 1 is 1.33 bits per heavy atom. The summed E-state index contributed by atoms with van der Waals surface area (Å²) in [4.78, 5) is 8.82. The second-order valence-corrected chi connectivity index (χ2v) is 6.52. The molecular weight excluding hydrogens is 302 g/mol. The van der Waals surface area contributed by atoms with Gasteiger partial charge in [-0.05, 0) is 43.7 Å². The van der Waals surface area contributed by atoms with Gasteiger partial charge < -0.3 is 10.5 Å². The van der Waals surface area contributed by atoms with E-state index in [1.165, 1.54) is 5.69 Å². The van der Waals surface area contributed by atoms with E-state index in [0.717, 1.165) is 61.7 Å². The molecule has 0 radical (unpaired) electrons. The molecule has 3 aromatic rings. The second-order valence-electron chi connectivity index (χ2n) is 6.52. The number of ether oxygens (including phenoxy) is 1. The number of nitrogen functional groups attached to an aromatic ring is 1. The third-order valence-corrected chi connectivity index (χ3v) is 4.84. The molecule has 4 heterocycles. The van der Waals surface area contributed by atoms with Gasteiger partial charge in [0, 0.05) is 42.4 Å². The van der Waals surface area contributed by atoms with Crippen LogP contribution < -0.4 is 5.73 Å². The minimum atomic E-state index is 0.472. The first-order valence-electron chi connectivity index (χ1n) is 8.75. The first-order valence-corrected chi connectivity index (χ1v) is 8.75. The maximum Gasteiger partial charge on any atom is 0.162 e. The van der Waals surface area contributed by atoms with Crippen LogP contribution in [0.2, 0.25) is 0 Å². The van der Waals surface area contributed by atoms with E-state index in [1.807, 2.05) is 6.07 Å². The summed E-state index contributed by atoms with van der Waals surface area (Å²) in [6.07, 6.45) is 6.02. The van der Waals surface area contributed by atoms with Crippen molar-refractivity contribution in [2.24, 2.45) is 5.92 Å². The predicted molar refractivity (Wildman–Crippen MR) is 94.8 cm³/mol. The van der Waals surface area contributed by atoms with E-state index in [-0.39, 0.29) is 0 Å². The molecule has 4 rings (SSSR count). The molecule has 126 valence electrons. The van der Waals surface area contributed by atoms with Crippen LogP contribution in [0, 0.1) is 5.92 Å². The van der Waals surface area contributed by atoms with Crippen molar-refractivity contribution < 1.29 is 4.74 Å². The van der Waals surface area contributed by atoms with Gasteiger partial charge in [0.2, 0.25) is 0 Å². The third kappa shape index (κ3) is 2.60. The zero-order valence-electron chi connectivity index (χ0n) is 14.0. The Morgan fingerprint density at radius 3 is 2.96 bits per heavy atom. The number of hydrogen-bond acceptors (Lipinski definition) is 5. The standard InChI is InChI=1S/C18H23N5O/c1-2-8-23-14(11-12-5-9-24-10-6-12)15-13-4-3-7-20-18(13)21-17(19)16(15)22-23/h3-4,7,12H,2,5-6,8-11H2,1H3,(H2,19,20,21). The number of nitrogens with two attached hydrogens (primary N) is 1. The third-order valence-electron chi connectivity index (χ3n) is 4.84. The molecule has 2 N–H and O–H groups in total. The SMILES string of the molecule is CCCn1nc2c(N)nc3ncccc3c2c1CC1CCOCC1. The molecule has 1 aliphatic heterocycles. The zero-order chi connectivity index (χ0) is 16.5. The number of fused-ring (bicyclic) bond motifs is 3. The molecule has 6 nitrogen and oxygen atoms in total. The van der Waals surface area contributed by atoms with E-state index in [4.69, 9.17) is 15.6 Å². The number of nitrogens with zero attached hydrogens (tertiary/aromatic N) is 4. The number of aromatic nitrogens is 4. The van der Waals surface area contributed by atoms with Crippen LogP contribution in [0.1, 0.15) is 31.9 Å². The number of rotatable bonds is 4. The van der Waals surface area contributed by atoms with E-state index in [2.05, 4.69) is 27.6 Å². The molecule has 0 amide bonds. The summed E-state index contributed by atoms with van der Waals surface area (Å²) in [6, 6.07) is 4.03. The molecule has 0 bridgehead atoms. The van der Waals surface area contributed by atoms with E-state index >= 15 is 0 Å². The molecule has 1 aliphatic rings. The Labute approximate surface area is 141 Å². The highest BCUT2D eigenvalue weighted by Gasteiger charge is 2.22. The van der Waals surface area contributed by atoms with Gasteiger partial charge in [0.25, 0.3) is 0 Å². The van der Waals surface area contributed by atoms with Gasteiger partial charge in [-0.3, -0.25) is 4.68 Å². The normalized spacial score (nSPS) is 16.2. The first kappa shape index (κ1) is 15.3. The maximum atomic E-state index is 6.19. The fraction of sp³-hybridized carbons (Fsp3) is 0.500. The van der Waals surface area contributed by atoms with Crippen molar-refractivity contribution in [1.29, 1.82) is 0 Å². The lowest BCUT2D eigenvalue weighted by Crippen LogP contribution is -2.19. The van der Waals surface area contributed by atoms with E-state index in [9.17, 15) is 0 Å². The van der Waals surface area contributed by atoms with Crippen LogP contribution in [0.5, 0.6) is 0 Å². The summed E-state index contributed by atoms with van der Waals surface area (Å²) in [7, 11) is 0. The lowest BCUT2D eigenvalue weighted by atomic mass is 9.93. The molecular formula is C18H23N5O. The molecule has 3 aromatic heterocycles. The van der Waals surface area contributed by atoms with Gasteiger partial charge in [-0.25, -0.2) is 9.97 Å². The number of hydrogen-bond donors (Lipinski definition) is 1. The first-order chi connectivity index (χ1) is 11.8. The monoisotopic (exact) mass is 325 g/mol. The molecule has 0 aromatic carbocycles. The Balaban J connectivity index is 1.91. The molecule has 1 saturated heterocycles. The Bertz CT molecular complexity index is 867. The number of pyridine rings is 2. The van der Waals surface area contributed by atoms with Crippen molar-refractivity contribution in [3.05, 3.63) is 24.0 Å². The lowest BCUT2D eigenvalue weighted by molar-refractivity contribution is 0.0660. The van der Waals surface area contributed by atoms with Gasteiger partial charge in [-0.2, -0.15) is 5.10 Å². The second kappa shape index (κ2) is 6.36. The summed E-state index contributed by atoms with van der Waals surface area (Å²) in [5.74, 6) is 1.11. The van der Waals surface area contributed by atoms with Crippen molar-refractivity contribution >= 4 is 27.8 Å². The topological polar surface area (TPSA) is 78.9 Å². The average molecular weight is 325 g/mol. The molecule has 0 atom stereocenters. The van der Waals surface area contributed by atoms with Crippen LogP contribution in [-0.4, -0.2) is 33.0 Å². The molecule has 0 unspecified atom stereocenters. The Morgan fingerprint density at radius 2 is 2.17 bits per heavy atom. The van der Waals surface area contributed by atoms with Crippen molar-refractivity contribution in [3.8, 4) is 0 Å². The lowest BCUT2D eigenvalue weighted by Gasteiger charge is -2.22. The zero-order valence-corrected chi connectivity index (χ0v) is 14.0. The van der Waals surface area contributed by atoms with Crippen LogP contribution in [-0.2, 0) is 17.7 Å². The fourth-order valence-corrected chi connectivity index (χ4v) is 3.64. The number of aryl methyl sites for hydroxylation is 1. The quantitative estimate of drug-likeness (QED) is 0.798. The molecule has 6 heteroatoms. The van der Waals surface area contributed by atoms with Gasteiger partial charge in [0.15, 0.2) is 11.5 Å². The van der Waals surface area contributed by atoms with Crippen LogP contribution in [0.4, 0.5) is 5.82 Å². The van der Waals surface area contributed by atoms with E-state index < -0.39 is 0 Å². The van der Waals surface area contributed by atoms with Crippen LogP contribution in [0.25, 0.3) is 21.9 Å². The van der Waals surface area contributed by atoms with Gasteiger partial charge in [-0.15, -0.1) is 0 Å². The van der Waals surface area contributed by atoms with Crippen LogP contribution in [0.15, 0.2) is 18.3 Å². The summed E-state index contributed by atoms with van der Waals surface area (Å²) in [5, 5.41) is 6.97. The molecule has 0 aliphatic carbocycles. The minimum absolute atomic E-state index is 0.472. The summed E-state index contributed by atoms with van der Waals surface area (Å²) >= 11 is 0. The Hall–Kier alpha value is -2.21. The summed E-state index contributed by atoms with van der Waals surface area (Å²) in [6.45, 7) is 4.79. The maximum absolute atomic E-state index is 6.19. The highest BCUT2D eigenvalue weighted by Crippen LogP contribution is 2.32. The molecule has 24 heavy (non-hydrogen) atoms. The Kier molecular flexibility index (Phi) is 4.06. The van der Waals surface area contributed by atoms with Gasteiger partial charge in [0.1, 0.15) is 5.52 Å². The van der Waals surface area contributed by atoms with Crippen molar-refractivity contribution in [1.82, 2.24) is 19.7 Å². The van der Waals surface area contributed by atoms with Crippen molar-refractivity contribution in [2.45, 2.75) is 39.2 Å². The molecule has 1 fully saturated rings. The van der Waals surface area contributed by atoms with Crippen molar-refractivity contribution in [3.63, 3.8) is 0 Å². The van der Waals surface area contributed by atoms with Crippen molar-refractivity contribution in [2.75, 3.05) is 18.9 Å². The van der Waals surface area contributed by atoms with Gasteiger partial charge >= 0.3 is 0 Å². The van der Waals surface area contributed by atoms with E-state index in [1.54, 1.807) is 6.20 Å². The smallest absolute Gasteiger partial charge is 0.162 e.